The van der Waals surface area contributed by atoms with E-state index >= 15 is 0 Å². The van der Waals surface area contributed by atoms with E-state index in [4.69, 9.17) is 16.2 Å². The van der Waals surface area contributed by atoms with Gasteiger partial charge in [-0.2, -0.15) is 0 Å². The first-order valence-corrected chi connectivity index (χ1v) is 5.57. The van der Waals surface area contributed by atoms with E-state index in [0.29, 0.717) is 12.2 Å². The van der Waals surface area contributed by atoms with Gasteiger partial charge in [0.2, 0.25) is 0 Å². The highest BCUT2D eigenvalue weighted by molar-refractivity contribution is 5.67. The summed E-state index contributed by atoms with van der Waals surface area (Å²) in [4.78, 5) is 16.8. The van der Waals surface area contributed by atoms with E-state index in [1.165, 1.54) is 0 Å². The standard InChI is InChI=1S/C11H16N4O2/c12-9-6-14-4-3-10(9)15-5-1-2-8(7-15)17-11(13)16/h3-4,6,8H,1-2,5,7,12H2,(H2,13,16)/t8-/m0/s1. The summed E-state index contributed by atoms with van der Waals surface area (Å²) in [5, 5.41) is 0. The average Bonchev–Trinajstić information content (AvgIpc) is 2.29. The van der Waals surface area contributed by atoms with Crippen LogP contribution in [0.3, 0.4) is 0 Å². The molecule has 1 aromatic heterocycles. The molecule has 6 nitrogen and oxygen atoms in total. The summed E-state index contributed by atoms with van der Waals surface area (Å²) < 4.78 is 5.02. The smallest absolute Gasteiger partial charge is 0.404 e. The van der Waals surface area contributed by atoms with Crippen LogP contribution in [0.4, 0.5) is 16.2 Å². The number of nitrogens with zero attached hydrogens (tertiary/aromatic N) is 2. The van der Waals surface area contributed by atoms with Crippen molar-refractivity contribution in [3.05, 3.63) is 18.5 Å². The maximum atomic E-state index is 10.7. The first-order chi connectivity index (χ1) is 8.16. The molecule has 1 saturated heterocycles. The first-order valence-electron chi connectivity index (χ1n) is 5.57. The highest BCUT2D eigenvalue weighted by atomic mass is 16.6. The van der Waals surface area contributed by atoms with E-state index in [-0.39, 0.29) is 6.10 Å². The van der Waals surface area contributed by atoms with Crippen molar-refractivity contribution in [1.29, 1.82) is 0 Å². The maximum Gasteiger partial charge on any atom is 0.404 e. The lowest BCUT2D eigenvalue weighted by atomic mass is 10.1. The van der Waals surface area contributed by atoms with Crippen LogP contribution in [0.25, 0.3) is 0 Å². The quantitative estimate of drug-likeness (QED) is 0.789. The fourth-order valence-corrected chi connectivity index (χ4v) is 2.10. The maximum absolute atomic E-state index is 10.7. The van der Waals surface area contributed by atoms with E-state index in [0.717, 1.165) is 25.1 Å². The molecule has 0 bridgehead atoms. The average molecular weight is 236 g/mol. The Hall–Kier alpha value is -1.98. The van der Waals surface area contributed by atoms with Crippen LogP contribution in [-0.2, 0) is 4.74 Å². The zero-order valence-corrected chi connectivity index (χ0v) is 9.50. The Morgan fingerprint density at radius 1 is 1.59 bits per heavy atom. The number of piperidine rings is 1. The second-order valence-electron chi connectivity index (χ2n) is 4.08. The molecule has 0 aromatic carbocycles. The Morgan fingerprint density at radius 2 is 2.41 bits per heavy atom. The molecule has 2 rings (SSSR count). The molecule has 17 heavy (non-hydrogen) atoms. The molecule has 6 heteroatoms. The highest BCUT2D eigenvalue weighted by Gasteiger charge is 2.23. The molecule has 4 N–H and O–H groups in total. The van der Waals surface area contributed by atoms with E-state index in [2.05, 4.69) is 9.88 Å². The molecule has 1 fully saturated rings. The number of primary amides is 1. The normalized spacial score (nSPS) is 20.0. The van der Waals surface area contributed by atoms with Crippen LogP contribution in [0.2, 0.25) is 0 Å². The number of carbonyl (C=O) groups is 1. The summed E-state index contributed by atoms with van der Waals surface area (Å²) in [6.07, 6.45) is 4.22. The Morgan fingerprint density at radius 3 is 3.12 bits per heavy atom. The van der Waals surface area contributed by atoms with Gasteiger partial charge in [0.1, 0.15) is 6.10 Å². The molecular weight excluding hydrogens is 220 g/mol. The number of hydrogen-bond acceptors (Lipinski definition) is 5. The third-order valence-electron chi connectivity index (χ3n) is 2.83. The van der Waals surface area contributed by atoms with Crippen molar-refractivity contribution in [1.82, 2.24) is 4.98 Å². The van der Waals surface area contributed by atoms with Crippen LogP contribution in [0.1, 0.15) is 12.8 Å². The summed E-state index contributed by atoms with van der Waals surface area (Å²) in [5.74, 6) is 0. The summed E-state index contributed by atoms with van der Waals surface area (Å²) in [5.41, 5.74) is 12.4. The predicted octanol–water partition coefficient (Wildman–Crippen LogP) is 0.728. The lowest BCUT2D eigenvalue weighted by Gasteiger charge is -2.34. The van der Waals surface area contributed by atoms with Gasteiger partial charge in [0, 0.05) is 12.7 Å². The van der Waals surface area contributed by atoms with Crippen molar-refractivity contribution < 1.29 is 9.53 Å². The van der Waals surface area contributed by atoms with Crippen LogP contribution in [0.15, 0.2) is 18.5 Å². The minimum absolute atomic E-state index is 0.159. The largest absolute Gasteiger partial charge is 0.445 e. The van der Waals surface area contributed by atoms with Crippen LogP contribution in [0, 0.1) is 0 Å². The second-order valence-corrected chi connectivity index (χ2v) is 4.08. The van der Waals surface area contributed by atoms with Crippen LogP contribution < -0.4 is 16.4 Å². The number of pyridine rings is 1. The van der Waals surface area contributed by atoms with Gasteiger partial charge in [0.25, 0.3) is 0 Å². The zero-order chi connectivity index (χ0) is 12.3. The van der Waals surface area contributed by atoms with Crippen molar-refractivity contribution in [3.8, 4) is 0 Å². The first kappa shape index (κ1) is 11.5. The van der Waals surface area contributed by atoms with Gasteiger partial charge in [-0.25, -0.2) is 4.79 Å². The van der Waals surface area contributed by atoms with E-state index < -0.39 is 6.09 Å². The Kier molecular flexibility index (Phi) is 3.32. The fraction of sp³-hybridized carbons (Fsp3) is 0.455. The number of anilines is 2. The van der Waals surface area contributed by atoms with Crippen molar-refractivity contribution in [2.75, 3.05) is 23.7 Å². The summed E-state index contributed by atoms with van der Waals surface area (Å²) >= 11 is 0. The fourth-order valence-electron chi connectivity index (χ4n) is 2.10. The second kappa shape index (κ2) is 4.90. The van der Waals surface area contributed by atoms with E-state index in [1.54, 1.807) is 12.4 Å². The van der Waals surface area contributed by atoms with Gasteiger partial charge in [-0.1, -0.05) is 0 Å². The molecule has 1 aromatic rings. The molecule has 1 atom stereocenters. The number of rotatable bonds is 2. The molecule has 2 heterocycles. The molecule has 0 saturated carbocycles. The van der Waals surface area contributed by atoms with Crippen molar-refractivity contribution in [2.45, 2.75) is 18.9 Å². The number of nitrogens with two attached hydrogens (primary N) is 2. The third-order valence-corrected chi connectivity index (χ3v) is 2.83. The number of ether oxygens (including phenoxy) is 1. The molecule has 0 radical (unpaired) electrons. The van der Waals surface area contributed by atoms with E-state index in [1.807, 2.05) is 6.07 Å². The molecule has 0 spiro atoms. The molecule has 0 aliphatic carbocycles. The lowest BCUT2D eigenvalue weighted by Crippen LogP contribution is -2.41. The van der Waals surface area contributed by atoms with Crippen molar-refractivity contribution in [3.63, 3.8) is 0 Å². The van der Waals surface area contributed by atoms with Gasteiger partial charge in [0.05, 0.1) is 24.1 Å². The van der Waals surface area contributed by atoms with Gasteiger partial charge < -0.3 is 21.1 Å². The number of aromatic nitrogens is 1. The molecule has 92 valence electrons. The Bertz CT molecular complexity index is 410. The van der Waals surface area contributed by atoms with Gasteiger partial charge in [-0.15, -0.1) is 0 Å². The molecule has 1 amide bonds. The van der Waals surface area contributed by atoms with Crippen LogP contribution >= 0.6 is 0 Å². The monoisotopic (exact) mass is 236 g/mol. The van der Waals surface area contributed by atoms with Gasteiger partial charge in [-0.05, 0) is 18.9 Å². The van der Waals surface area contributed by atoms with Gasteiger partial charge in [-0.3, -0.25) is 4.98 Å². The number of carbonyl (C=O) groups excluding carboxylic acids is 1. The minimum atomic E-state index is -0.723. The molecule has 1 aliphatic rings. The summed E-state index contributed by atoms with van der Waals surface area (Å²) in [6.45, 7) is 1.52. The number of amides is 1. The molecule has 1 aliphatic heterocycles. The summed E-state index contributed by atoms with van der Waals surface area (Å²) in [7, 11) is 0. The predicted molar refractivity (Wildman–Crippen MR) is 64.6 cm³/mol. The van der Waals surface area contributed by atoms with Crippen LogP contribution in [-0.4, -0.2) is 30.3 Å². The minimum Gasteiger partial charge on any atom is -0.445 e. The molecule has 0 unspecified atom stereocenters. The van der Waals surface area contributed by atoms with Gasteiger partial charge >= 0.3 is 6.09 Å². The van der Waals surface area contributed by atoms with Gasteiger partial charge in [0.15, 0.2) is 0 Å². The third kappa shape index (κ3) is 2.77. The zero-order valence-electron chi connectivity index (χ0n) is 9.50. The molecular formula is C11H16N4O2. The topological polar surface area (TPSA) is 94.5 Å². The highest BCUT2D eigenvalue weighted by Crippen LogP contribution is 2.25. The van der Waals surface area contributed by atoms with Crippen molar-refractivity contribution in [2.24, 2.45) is 5.73 Å². The lowest BCUT2D eigenvalue weighted by molar-refractivity contribution is 0.0966. The Labute approximate surface area is 99.5 Å². The number of hydrogen-bond donors (Lipinski definition) is 2. The Balaban J connectivity index is 2.07. The SMILES string of the molecule is NC(=O)O[C@H]1CCCN(c2ccncc2N)C1. The summed E-state index contributed by atoms with van der Waals surface area (Å²) in [6, 6.07) is 1.86. The number of nitrogen functional groups attached to an aromatic ring is 1. The van der Waals surface area contributed by atoms with Crippen molar-refractivity contribution >= 4 is 17.5 Å². The van der Waals surface area contributed by atoms with Crippen LogP contribution in [0.5, 0.6) is 0 Å². The van der Waals surface area contributed by atoms with E-state index in [9.17, 15) is 4.79 Å².